The fourth-order valence-corrected chi connectivity index (χ4v) is 4.89. The van der Waals surface area contributed by atoms with Crippen LogP contribution in [0.4, 0.5) is 0 Å². The molecule has 0 atom stereocenters. The minimum atomic E-state index is -0.0967. The lowest BCUT2D eigenvalue weighted by Gasteiger charge is -2.15. The topological polar surface area (TPSA) is 77.1 Å². The maximum Gasteiger partial charge on any atom is 0.272 e. The van der Waals surface area contributed by atoms with Crippen LogP contribution in [0.3, 0.4) is 0 Å². The molecule has 0 saturated heterocycles. The van der Waals surface area contributed by atoms with E-state index in [0.29, 0.717) is 11.7 Å². The van der Waals surface area contributed by atoms with E-state index >= 15 is 0 Å². The first-order valence-corrected chi connectivity index (χ1v) is 11.0. The smallest absolute Gasteiger partial charge is 0.272 e. The highest BCUT2D eigenvalue weighted by atomic mass is 16.2. The molecule has 7 nitrogen and oxygen atoms in total. The summed E-state index contributed by atoms with van der Waals surface area (Å²) in [4.78, 5) is 22.2. The van der Waals surface area contributed by atoms with Gasteiger partial charge in [-0.25, -0.2) is 4.98 Å². The van der Waals surface area contributed by atoms with E-state index < -0.39 is 0 Å². The van der Waals surface area contributed by atoms with E-state index in [2.05, 4.69) is 20.1 Å². The third-order valence-electron chi connectivity index (χ3n) is 6.42. The summed E-state index contributed by atoms with van der Waals surface area (Å²) in [6.07, 6.45) is 19.0. The number of hydrogen-bond donors (Lipinski definition) is 1. The van der Waals surface area contributed by atoms with Crippen molar-refractivity contribution in [1.82, 2.24) is 29.5 Å². The number of aromatic nitrogens is 5. The Labute approximate surface area is 170 Å². The summed E-state index contributed by atoms with van der Waals surface area (Å²) < 4.78 is 4.06. The molecule has 1 N–H and O–H groups in total. The fourth-order valence-electron chi connectivity index (χ4n) is 4.89. The number of carbonyl (C=O) groups is 1. The van der Waals surface area contributed by atoms with Crippen LogP contribution < -0.4 is 5.32 Å². The molecule has 5 rings (SSSR count). The van der Waals surface area contributed by atoms with Gasteiger partial charge in [-0.3, -0.25) is 18.9 Å². The van der Waals surface area contributed by atoms with E-state index in [1.165, 1.54) is 38.5 Å². The van der Waals surface area contributed by atoms with Gasteiger partial charge in [-0.15, -0.1) is 0 Å². The van der Waals surface area contributed by atoms with E-state index in [0.717, 1.165) is 42.7 Å². The number of nitrogens with one attached hydrogen (secondary N) is 1. The third kappa shape index (κ3) is 3.54. The van der Waals surface area contributed by atoms with Gasteiger partial charge in [0.05, 0.1) is 17.8 Å². The molecule has 29 heavy (non-hydrogen) atoms. The number of imidazole rings is 1. The highest BCUT2D eigenvalue weighted by Crippen LogP contribution is 2.33. The Balaban J connectivity index is 1.50. The van der Waals surface area contributed by atoms with Crippen LogP contribution in [-0.4, -0.2) is 36.1 Å². The summed E-state index contributed by atoms with van der Waals surface area (Å²) in [5.74, 6) is 0.665. The molecule has 0 aromatic carbocycles. The largest absolute Gasteiger partial charge is 0.348 e. The number of carbonyl (C=O) groups excluding carboxylic acids is 1. The zero-order valence-corrected chi connectivity index (χ0v) is 16.8. The number of fused-ring (bicyclic) bond motifs is 1. The summed E-state index contributed by atoms with van der Waals surface area (Å²) in [7, 11) is 0. The van der Waals surface area contributed by atoms with Crippen LogP contribution in [0.25, 0.3) is 17.0 Å². The van der Waals surface area contributed by atoms with Crippen LogP contribution in [-0.2, 0) is 0 Å². The molecular formula is C22H28N6O. The molecule has 2 fully saturated rings. The fraction of sp³-hybridized carbons (Fsp3) is 0.545. The van der Waals surface area contributed by atoms with Crippen LogP contribution in [0.15, 0.2) is 30.9 Å². The van der Waals surface area contributed by atoms with E-state index in [1.54, 1.807) is 12.4 Å². The molecule has 3 aromatic rings. The Morgan fingerprint density at radius 3 is 2.55 bits per heavy atom. The van der Waals surface area contributed by atoms with Gasteiger partial charge >= 0.3 is 0 Å². The van der Waals surface area contributed by atoms with Crippen molar-refractivity contribution in [1.29, 1.82) is 0 Å². The van der Waals surface area contributed by atoms with Crippen LogP contribution in [0.5, 0.6) is 0 Å². The summed E-state index contributed by atoms with van der Waals surface area (Å²) in [5.41, 5.74) is 2.16. The first-order valence-electron chi connectivity index (χ1n) is 11.0. The van der Waals surface area contributed by atoms with Crippen molar-refractivity contribution in [3.05, 3.63) is 36.5 Å². The highest BCUT2D eigenvalue weighted by molar-refractivity contribution is 6.00. The zero-order valence-electron chi connectivity index (χ0n) is 16.8. The van der Waals surface area contributed by atoms with Crippen molar-refractivity contribution in [2.45, 2.75) is 76.3 Å². The molecular weight excluding hydrogens is 364 g/mol. The first kappa shape index (κ1) is 18.3. The Bertz CT molecular complexity index is 992. The third-order valence-corrected chi connectivity index (χ3v) is 6.42. The Morgan fingerprint density at radius 1 is 1.00 bits per heavy atom. The molecule has 2 aliphatic rings. The van der Waals surface area contributed by atoms with Crippen molar-refractivity contribution < 1.29 is 4.79 Å². The molecule has 0 radical (unpaired) electrons. The lowest BCUT2D eigenvalue weighted by atomic mass is 10.1. The van der Waals surface area contributed by atoms with Gasteiger partial charge in [0.15, 0.2) is 11.5 Å². The van der Waals surface area contributed by atoms with Gasteiger partial charge in [0.25, 0.3) is 5.91 Å². The molecule has 2 aliphatic carbocycles. The Morgan fingerprint density at radius 2 is 1.76 bits per heavy atom. The van der Waals surface area contributed by atoms with E-state index in [9.17, 15) is 4.79 Å². The van der Waals surface area contributed by atoms with Crippen LogP contribution in [0, 0.1) is 0 Å². The average Bonchev–Trinajstić information content (AvgIpc) is 3.45. The minimum absolute atomic E-state index is 0.0967. The first-order chi connectivity index (χ1) is 14.3. The lowest BCUT2D eigenvalue weighted by Crippen LogP contribution is -2.34. The summed E-state index contributed by atoms with van der Waals surface area (Å²) >= 11 is 0. The molecule has 3 heterocycles. The quantitative estimate of drug-likeness (QED) is 0.676. The van der Waals surface area contributed by atoms with Crippen molar-refractivity contribution in [3.63, 3.8) is 0 Å². The van der Waals surface area contributed by atoms with E-state index in [4.69, 9.17) is 4.98 Å². The number of hydrogen-bond acceptors (Lipinski definition) is 4. The highest BCUT2D eigenvalue weighted by Gasteiger charge is 2.26. The van der Waals surface area contributed by atoms with Gasteiger partial charge < -0.3 is 5.32 Å². The van der Waals surface area contributed by atoms with Gasteiger partial charge in [-0.05, 0) is 31.7 Å². The molecule has 0 aliphatic heterocycles. The molecule has 152 valence electrons. The van der Waals surface area contributed by atoms with Crippen LogP contribution >= 0.6 is 0 Å². The van der Waals surface area contributed by atoms with Gasteiger partial charge in [0.2, 0.25) is 0 Å². The summed E-state index contributed by atoms with van der Waals surface area (Å²) in [5, 5.41) is 7.82. The zero-order chi connectivity index (χ0) is 19.6. The predicted molar refractivity (Wildman–Crippen MR) is 111 cm³/mol. The normalized spacial score (nSPS) is 18.9. The number of amides is 1. The molecule has 2 saturated carbocycles. The van der Waals surface area contributed by atoms with Gasteiger partial charge in [0.1, 0.15) is 5.69 Å². The summed E-state index contributed by atoms with van der Waals surface area (Å²) in [6, 6.07) is 2.66. The molecule has 0 bridgehead atoms. The molecule has 3 aromatic heterocycles. The monoisotopic (exact) mass is 392 g/mol. The average molecular weight is 393 g/mol. The number of nitrogens with zero attached hydrogens (tertiary/aromatic N) is 5. The van der Waals surface area contributed by atoms with Gasteiger partial charge in [-0.2, -0.15) is 5.10 Å². The van der Waals surface area contributed by atoms with Gasteiger partial charge in [0, 0.05) is 24.6 Å². The Hall–Kier alpha value is -2.70. The van der Waals surface area contributed by atoms with Crippen molar-refractivity contribution in [3.8, 4) is 11.5 Å². The standard InChI is InChI=1S/C22H28N6O/c29-22(25-16-7-3-1-2-4-8-16)20-19-15-23-13-14-27(19)21(26-20)18-11-12-24-28(18)17-9-5-6-10-17/h11-17H,1-10H2,(H,25,29). The molecule has 0 unspecified atom stereocenters. The molecule has 7 heteroatoms. The maximum atomic E-state index is 13.1. The molecule has 1 amide bonds. The SMILES string of the molecule is O=C(NC1CCCCCC1)c1nc(-c2ccnn2C2CCCC2)n2ccncc12. The minimum Gasteiger partial charge on any atom is -0.348 e. The predicted octanol–water partition coefficient (Wildman–Crippen LogP) is 4.16. The second kappa shape index (κ2) is 7.97. The van der Waals surface area contributed by atoms with Crippen molar-refractivity contribution in [2.75, 3.05) is 0 Å². The maximum absolute atomic E-state index is 13.1. The molecule has 0 spiro atoms. The van der Waals surface area contributed by atoms with Gasteiger partial charge in [-0.1, -0.05) is 38.5 Å². The Kier molecular flexibility index (Phi) is 5.04. The van der Waals surface area contributed by atoms with Crippen molar-refractivity contribution >= 4 is 11.4 Å². The second-order valence-electron chi connectivity index (χ2n) is 8.38. The van der Waals surface area contributed by atoms with Crippen LogP contribution in [0.2, 0.25) is 0 Å². The number of rotatable bonds is 4. The summed E-state index contributed by atoms with van der Waals surface area (Å²) in [6.45, 7) is 0. The lowest BCUT2D eigenvalue weighted by molar-refractivity contribution is 0.0930. The van der Waals surface area contributed by atoms with E-state index in [-0.39, 0.29) is 11.9 Å². The van der Waals surface area contributed by atoms with E-state index in [1.807, 2.05) is 22.9 Å². The van der Waals surface area contributed by atoms with Crippen LogP contribution in [0.1, 0.15) is 80.7 Å². The van der Waals surface area contributed by atoms with Crippen molar-refractivity contribution in [2.24, 2.45) is 0 Å². The second-order valence-corrected chi connectivity index (χ2v) is 8.38.